The summed E-state index contributed by atoms with van der Waals surface area (Å²) in [4.78, 5) is 0. The lowest BCUT2D eigenvalue weighted by Crippen LogP contribution is -2.17. The first-order valence-corrected chi connectivity index (χ1v) is 10.3. The zero-order valence-electron chi connectivity index (χ0n) is 17.6. The summed E-state index contributed by atoms with van der Waals surface area (Å²) >= 11 is 4.15. The molecule has 25 heavy (non-hydrogen) atoms. The predicted molar refractivity (Wildman–Crippen MR) is 117 cm³/mol. The van der Waals surface area contributed by atoms with Gasteiger partial charge in [0, 0.05) is 16.8 Å². The van der Waals surface area contributed by atoms with Gasteiger partial charge in [0.1, 0.15) is 5.75 Å². The largest absolute Gasteiger partial charge is 0.507 e. The van der Waals surface area contributed by atoms with Gasteiger partial charge in [-0.2, -0.15) is 12.6 Å². The molecule has 0 aliphatic heterocycles. The van der Waals surface area contributed by atoms with Crippen LogP contribution in [-0.4, -0.2) is 10.9 Å². The lowest BCUT2D eigenvalue weighted by Gasteiger charge is -2.27. The van der Waals surface area contributed by atoms with Crippen LogP contribution in [-0.2, 0) is 10.8 Å². The molecule has 3 heteroatoms. The van der Waals surface area contributed by atoms with Gasteiger partial charge in [0.2, 0.25) is 0 Å². The summed E-state index contributed by atoms with van der Waals surface area (Å²) in [5.74, 6) is 1.45. The van der Waals surface area contributed by atoms with E-state index < -0.39 is 0 Å². The van der Waals surface area contributed by atoms with E-state index >= 15 is 0 Å². The number of hydrogen-bond acceptors (Lipinski definition) is 3. The van der Waals surface area contributed by atoms with Gasteiger partial charge < -0.3 is 10.8 Å². The van der Waals surface area contributed by atoms with Gasteiger partial charge in [0.15, 0.2) is 0 Å². The maximum absolute atomic E-state index is 10.3. The highest BCUT2D eigenvalue weighted by Crippen LogP contribution is 2.40. The molecule has 0 spiro atoms. The summed E-state index contributed by atoms with van der Waals surface area (Å²) in [5.41, 5.74) is 8.26. The Kier molecular flexibility index (Phi) is 10.6. The molecule has 2 nitrogen and oxygen atoms in total. The number of phenols is 1. The molecule has 0 fully saturated rings. The van der Waals surface area contributed by atoms with E-state index in [0.717, 1.165) is 16.9 Å². The molecule has 1 aromatic rings. The van der Waals surface area contributed by atoms with Crippen molar-refractivity contribution in [2.75, 3.05) is 11.5 Å². The van der Waals surface area contributed by atoms with Crippen LogP contribution in [0.15, 0.2) is 12.1 Å². The Labute approximate surface area is 162 Å². The molecule has 0 bridgehead atoms. The fraction of sp³-hybridized carbons (Fsp3) is 0.727. The molecule has 146 valence electrons. The van der Waals surface area contributed by atoms with Crippen LogP contribution < -0.4 is 5.73 Å². The fourth-order valence-corrected chi connectivity index (χ4v) is 2.92. The first-order valence-electron chi connectivity index (χ1n) is 9.69. The second-order valence-electron chi connectivity index (χ2n) is 8.96. The molecule has 0 heterocycles. The molecule has 1 rings (SSSR count). The second-order valence-corrected chi connectivity index (χ2v) is 9.40. The molecule has 0 amide bonds. The van der Waals surface area contributed by atoms with Crippen LogP contribution in [0.5, 0.6) is 5.75 Å². The van der Waals surface area contributed by atoms with Crippen molar-refractivity contribution >= 4 is 18.3 Å². The third kappa shape index (κ3) is 9.44. The number of thiol groups is 1. The third-order valence-corrected chi connectivity index (χ3v) is 4.58. The molecule has 0 saturated heterocycles. The summed E-state index contributed by atoms with van der Waals surface area (Å²) in [6.45, 7) is 14.7. The van der Waals surface area contributed by atoms with Gasteiger partial charge in [-0.15, -0.1) is 0 Å². The number of benzene rings is 1. The lowest BCUT2D eigenvalue weighted by molar-refractivity contribution is 0.423. The van der Waals surface area contributed by atoms with E-state index in [4.69, 9.17) is 5.73 Å². The SMILES string of the molecule is CC(C)(C)c1cc(N)cc(C(C)(C)C)c1O.CCCCCCCCS. The average Bonchev–Trinajstić information content (AvgIpc) is 2.48. The van der Waals surface area contributed by atoms with Gasteiger partial charge >= 0.3 is 0 Å². The van der Waals surface area contributed by atoms with Gasteiger partial charge in [-0.05, 0) is 35.1 Å². The Balaban J connectivity index is 0.000000547. The van der Waals surface area contributed by atoms with Gasteiger partial charge in [-0.1, -0.05) is 80.6 Å². The van der Waals surface area contributed by atoms with Crippen LogP contribution in [0.3, 0.4) is 0 Å². The normalized spacial score (nSPS) is 11.8. The molecule has 0 aliphatic carbocycles. The zero-order valence-corrected chi connectivity index (χ0v) is 18.5. The van der Waals surface area contributed by atoms with E-state index in [-0.39, 0.29) is 10.8 Å². The molecule has 0 atom stereocenters. The molecule has 0 saturated carbocycles. The summed E-state index contributed by atoms with van der Waals surface area (Å²) in [6.07, 6.45) is 8.27. The van der Waals surface area contributed by atoms with Crippen LogP contribution in [0, 0.1) is 0 Å². The molecule has 0 radical (unpaired) electrons. The highest BCUT2D eigenvalue weighted by molar-refractivity contribution is 7.80. The van der Waals surface area contributed by atoms with E-state index in [2.05, 4.69) is 61.1 Å². The number of phenolic OH excluding ortho intramolecular Hbond substituents is 1. The number of nitrogen functional groups attached to an aromatic ring is 1. The molecular formula is C22H41NOS. The Morgan fingerprint density at radius 2 is 1.24 bits per heavy atom. The lowest BCUT2D eigenvalue weighted by atomic mass is 9.79. The number of nitrogens with two attached hydrogens (primary N) is 1. The summed E-state index contributed by atoms with van der Waals surface area (Å²) < 4.78 is 0. The fourth-order valence-electron chi connectivity index (χ4n) is 2.69. The third-order valence-electron chi connectivity index (χ3n) is 4.26. The second kappa shape index (κ2) is 11.0. The Hall–Kier alpha value is -0.830. The zero-order chi connectivity index (χ0) is 19.7. The minimum Gasteiger partial charge on any atom is -0.507 e. The van der Waals surface area contributed by atoms with Gasteiger partial charge in [0.05, 0.1) is 0 Å². The van der Waals surface area contributed by atoms with E-state index in [0.29, 0.717) is 11.4 Å². The highest BCUT2D eigenvalue weighted by Gasteiger charge is 2.25. The number of hydrogen-bond donors (Lipinski definition) is 3. The van der Waals surface area contributed by atoms with Crippen molar-refractivity contribution in [2.24, 2.45) is 0 Å². The summed E-state index contributed by atoms with van der Waals surface area (Å²) in [7, 11) is 0. The Morgan fingerprint density at radius 1 is 0.840 bits per heavy atom. The maximum Gasteiger partial charge on any atom is 0.123 e. The monoisotopic (exact) mass is 367 g/mol. The quantitative estimate of drug-likeness (QED) is 0.223. The van der Waals surface area contributed by atoms with E-state index in [1.165, 1.54) is 38.5 Å². The first kappa shape index (κ1) is 24.2. The number of aromatic hydroxyl groups is 1. The number of anilines is 1. The highest BCUT2D eigenvalue weighted by atomic mass is 32.1. The van der Waals surface area contributed by atoms with E-state index in [1.807, 2.05) is 12.1 Å². The van der Waals surface area contributed by atoms with Crippen LogP contribution in [0.2, 0.25) is 0 Å². The summed E-state index contributed by atoms with van der Waals surface area (Å²) in [5, 5.41) is 10.3. The van der Waals surface area contributed by atoms with Crippen LogP contribution in [0.25, 0.3) is 0 Å². The van der Waals surface area contributed by atoms with Gasteiger partial charge in [-0.3, -0.25) is 0 Å². The van der Waals surface area contributed by atoms with Crippen molar-refractivity contribution < 1.29 is 5.11 Å². The number of unbranched alkanes of at least 4 members (excludes halogenated alkanes) is 5. The van der Waals surface area contributed by atoms with Crippen LogP contribution in [0.4, 0.5) is 5.69 Å². The molecule has 0 aromatic heterocycles. The molecule has 1 aromatic carbocycles. The standard InChI is InChI=1S/C14H23NO.C8H18S/c1-13(2,3)10-7-9(15)8-11(12(10)16)14(4,5)6;1-2-3-4-5-6-7-8-9/h7-8,16H,15H2,1-6H3;9H,2-8H2,1H3. The van der Waals surface area contributed by atoms with Gasteiger partial charge in [-0.25, -0.2) is 0 Å². The minimum atomic E-state index is -0.0978. The average molecular weight is 368 g/mol. The van der Waals surface area contributed by atoms with Crippen LogP contribution in [0.1, 0.15) is 98.1 Å². The Bertz CT molecular complexity index is 457. The molecule has 3 N–H and O–H groups in total. The smallest absolute Gasteiger partial charge is 0.123 e. The van der Waals surface area contributed by atoms with Crippen molar-refractivity contribution in [1.82, 2.24) is 0 Å². The molecular weight excluding hydrogens is 326 g/mol. The van der Waals surface area contributed by atoms with Crippen molar-refractivity contribution in [3.8, 4) is 5.75 Å². The minimum absolute atomic E-state index is 0.0978. The topological polar surface area (TPSA) is 46.2 Å². The van der Waals surface area contributed by atoms with Crippen molar-refractivity contribution in [3.63, 3.8) is 0 Å². The predicted octanol–water partition coefficient (Wildman–Crippen LogP) is 6.85. The van der Waals surface area contributed by atoms with E-state index in [1.54, 1.807) is 0 Å². The van der Waals surface area contributed by atoms with Crippen molar-refractivity contribution in [1.29, 1.82) is 0 Å². The van der Waals surface area contributed by atoms with Gasteiger partial charge in [0.25, 0.3) is 0 Å². The summed E-state index contributed by atoms with van der Waals surface area (Å²) in [6, 6.07) is 3.73. The van der Waals surface area contributed by atoms with E-state index in [9.17, 15) is 5.11 Å². The Morgan fingerprint density at radius 3 is 1.60 bits per heavy atom. The van der Waals surface area contributed by atoms with Crippen molar-refractivity contribution in [3.05, 3.63) is 23.3 Å². The van der Waals surface area contributed by atoms with Crippen molar-refractivity contribution in [2.45, 2.75) is 97.8 Å². The number of rotatable bonds is 6. The molecule has 0 unspecified atom stereocenters. The first-order chi connectivity index (χ1) is 11.4. The maximum atomic E-state index is 10.3. The van der Waals surface area contributed by atoms with Crippen LogP contribution >= 0.6 is 12.6 Å². The molecule has 0 aliphatic rings.